The number of ether oxygens (including phenoxy) is 3. The van der Waals surface area contributed by atoms with Crippen LogP contribution in [0.1, 0.15) is 10.4 Å². The van der Waals surface area contributed by atoms with Crippen molar-refractivity contribution in [2.75, 3.05) is 46.6 Å². The van der Waals surface area contributed by atoms with E-state index < -0.39 is 5.97 Å². The highest BCUT2D eigenvalue weighted by Crippen LogP contribution is 2.40. The molecule has 1 unspecified atom stereocenters. The highest BCUT2D eigenvalue weighted by atomic mass is 35.5. The fraction of sp³-hybridized carbons (Fsp3) is 0.500. The van der Waals surface area contributed by atoms with Crippen molar-refractivity contribution in [1.82, 2.24) is 9.80 Å². The number of hydrogen-bond acceptors (Lipinski definition) is 6. The summed E-state index contributed by atoms with van der Waals surface area (Å²) < 4.78 is 16.2. The van der Waals surface area contributed by atoms with Gasteiger partial charge in [0.2, 0.25) is 6.79 Å². The number of carbonyl (C=O) groups excluding carboxylic acids is 1. The number of fused-ring (bicyclic) bond motifs is 1. The van der Waals surface area contributed by atoms with Crippen LogP contribution >= 0.6 is 11.6 Å². The Hall–Kier alpha value is -2.03. The molecule has 1 fully saturated rings. The van der Waals surface area contributed by atoms with Gasteiger partial charge in [-0.3, -0.25) is 14.5 Å². The molecule has 1 amide bonds. The number of rotatable bonds is 5. The molecule has 1 aromatic rings. The van der Waals surface area contributed by atoms with Crippen molar-refractivity contribution in [2.24, 2.45) is 0 Å². The fourth-order valence-electron chi connectivity index (χ4n) is 2.93. The van der Waals surface area contributed by atoms with Crippen LogP contribution in [0.25, 0.3) is 0 Å². The van der Waals surface area contributed by atoms with Crippen LogP contribution in [0.5, 0.6) is 11.5 Å². The van der Waals surface area contributed by atoms with Gasteiger partial charge >= 0.3 is 5.97 Å². The molecular weight excluding hydrogens is 352 g/mol. The van der Waals surface area contributed by atoms with Gasteiger partial charge in [0, 0.05) is 25.2 Å². The second-order valence-corrected chi connectivity index (χ2v) is 6.43. The van der Waals surface area contributed by atoms with Gasteiger partial charge < -0.3 is 24.2 Å². The minimum Gasteiger partial charge on any atom is -0.480 e. The van der Waals surface area contributed by atoms with Crippen LogP contribution in [0.15, 0.2) is 12.1 Å². The van der Waals surface area contributed by atoms with Gasteiger partial charge in [0.1, 0.15) is 0 Å². The Bertz CT molecular complexity index is 683. The molecule has 2 aliphatic heterocycles. The molecule has 1 saturated heterocycles. The van der Waals surface area contributed by atoms with Gasteiger partial charge in [-0.25, -0.2) is 0 Å². The van der Waals surface area contributed by atoms with Gasteiger partial charge in [0.05, 0.1) is 24.3 Å². The van der Waals surface area contributed by atoms with Crippen molar-refractivity contribution >= 4 is 23.5 Å². The van der Waals surface area contributed by atoms with E-state index >= 15 is 0 Å². The Morgan fingerprint density at radius 3 is 2.96 bits per heavy atom. The number of carbonyl (C=O) groups is 2. The molecule has 0 aromatic heterocycles. The molecule has 0 saturated carbocycles. The fourth-order valence-corrected chi connectivity index (χ4v) is 3.20. The topological polar surface area (TPSA) is 88.5 Å². The zero-order chi connectivity index (χ0) is 18.0. The summed E-state index contributed by atoms with van der Waals surface area (Å²) in [7, 11) is 1.70. The minimum atomic E-state index is -0.902. The number of halogens is 1. The number of amides is 1. The summed E-state index contributed by atoms with van der Waals surface area (Å²) in [5, 5.41) is 9.16. The number of carboxylic acid groups (broad SMARTS) is 1. The third-order valence-electron chi connectivity index (χ3n) is 4.02. The number of morpholine rings is 1. The SMILES string of the molecule is CN(CC(=O)O)CC1CN(C(=O)c2cc(Cl)c3c(c2)OCO3)CCO1. The van der Waals surface area contributed by atoms with Gasteiger partial charge in [-0.2, -0.15) is 0 Å². The molecule has 0 aliphatic carbocycles. The third kappa shape index (κ3) is 4.15. The second kappa shape index (κ2) is 7.47. The summed E-state index contributed by atoms with van der Waals surface area (Å²) in [6.45, 7) is 1.68. The highest BCUT2D eigenvalue weighted by Gasteiger charge is 2.28. The monoisotopic (exact) mass is 370 g/mol. The zero-order valence-electron chi connectivity index (χ0n) is 13.7. The molecule has 136 valence electrons. The lowest BCUT2D eigenvalue weighted by Gasteiger charge is -2.34. The summed E-state index contributed by atoms with van der Waals surface area (Å²) in [6, 6.07) is 3.19. The number of carboxylic acids is 1. The van der Waals surface area contributed by atoms with Crippen molar-refractivity contribution < 1.29 is 28.9 Å². The van der Waals surface area contributed by atoms with Crippen molar-refractivity contribution in [1.29, 1.82) is 0 Å². The number of benzene rings is 1. The number of likely N-dealkylation sites (N-methyl/N-ethyl adjacent to an activating group) is 1. The van der Waals surface area contributed by atoms with Crippen LogP contribution in [0, 0.1) is 0 Å². The predicted octanol–water partition coefficient (Wildman–Crippen LogP) is 0.926. The molecule has 1 N–H and O–H groups in total. The lowest BCUT2D eigenvalue weighted by atomic mass is 10.1. The molecule has 0 spiro atoms. The summed E-state index contributed by atoms with van der Waals surface area (Å²) in [5.41, 5.74) is 0.425. The van der Waals surface area contributed by atoms with Crippen LogP contribution in [0.2, 0.25) is 5.02 Å². The maximum Gasteiger partial charge on any atom is 0.317 e. The van der Waals surface area contributed by atoms with E-state index in [4.69, 9.17) is 30.9 Å². The first-order valence-corrected chi connectivity index (χ1v) is 8.22. The largest absolute Gasteiger partial charge is 0.480 e. The van der Waals surface area contributed by atoms with E-state index in [1.165, 1.54) is 0 Å². The second-order valence-electron chi connectivity index (χ2n) is 6.03. The lowest BCUT2D eigenvalue weighted by molar-refractivity contribution is -0.138. The van der Waals surface area contributed by atoms with E-state index in [1.54, 1.807) is 29.0 Å². The summed E-state index contributed by atoms with van der Waals surface area (Å²) in [5.74, 6) is -0.161. The zero-order valence-corrected chi connectivity index (χ0v) is 14.5. The Morgan fingerprint density at radius 2 is 2.20 bits per heavy atom. The quantitative estimate of drug-likeness (QED) is 0.824. The lowest BCUT2D eigenvalue weighted by Crippen LogP contribution is -2.49. The first kappa shape index (κ1) is 17.8. The Kier molecular flexibility index (Phi) is 5.31. The maximum absolute atomic E-state index is 12.8. The molecule has 0 bridgehead atoms. The van der Waals surface area contributed by atoms with Crippen LogP contribution in [0.4, 0.5) is 0 Å². The summed E-state index contributed by atoms with van der Waals surface area (Å²) in [4.78, 5) is 26.8. The summed E-state index contributed by atoms with van der Waals surface area (Å²) in [6.07, 6.45) is -0.244. The molecule has 8 nitrogen and oxygen atoms in total. The van der Waals surface area contributed by atoms with Gasteiger partial charge in [-0.05, 0) is 19.2 Å². The van der Waals surface area contributed by atoms with Crippen LogP contribution in [0.3, 0.4) is 0 Å². The molecule has 0 radical (unpaired) electrons. The smallest absolute Gasteiger partial charge is 0.317 e. The predicted molar refractivity (Wildman–Crippen MR) is 88.4 cm³/mol. The molecule has 1 atom stereocenters. The highest BCUT2D eigenvalue weighted by molar-refractivity contribution is 6.32. The normalized spacial score (nSPS) is 19.3. The van der Waals surface area contributed by atoms with Crippen molar-refractivity contribution in [3.8, 4) is 11.5 Å². The summed E-state index contributed by atoms with van der Waals surface area (Å²) >= 11 is 6.14. The molecule has 3 rings (SSSR count). The van der Waals surface area contributed by atoms with Crippen LogP contribution in [-0.4, -0.2) is 79.5 Å². The average molecular weight is 371 g/mol. The Labute approximate surface area is 149 Å². The van der Waals surface area contributed by atoms with Crippen LogP contribution in [-0.2, 0) is 9.53 Å². The van der Waals surface area contributed by atoms with Crippen molar-refractivity contribution in [2.45, 2.75) is 6.10 Å². The first-order chi connectivity index (χ1) is 11.9. The van der Waals surface area contributed by atoms with Gasteiger partial charge in [-0.15, -0.1) is 0 Å². The van der Waals surface area contributed by atoms with Gasteiger partial charge in [0.15, 0.2) is 11.5 Å². The Morgan fingerprint density at radius 1 is 1.40 bits per heavy atom. The maximum atomic E-state index is 12.8. The van der Waals surface area contributed by atoms with E-state index in [1.807, 2.05) is 0 Å². The van der Waals surface area contributed by atoms with Crippen LogP contribution < -0.4 is 9.47 Å². The van der Waals surface area contributed by atoms with E-state index in [-0.39, 0.29) is 25.3 Å². The standard InChI is InChI=1S/C16H19ClN2O6/c1-18(8-14(20)21)6-11-7-19(2-3-23-11)16(22)10-4-12(17)15-13(5-10)24-9-25-15/h4-5,11H,2-3,6-9H2,1H3,(H,20,21). The molecule has 9 heteroatoms. The van der Waals surface area contributed by atoms with Gasteiger partial charge in [0.25, 0.3) is 5.91 Å². The molecule has 2 heterocycles. The Balaban J connectivity index is 1.66. The first-order valence-electron chi connectivity index (χ1n) is 7.84. The number of hydrogen-bond donors (Lipinski definition) is 1. The van der Waals surface area contributed by atoms with E-state index in [0.29, 0.717) is 48.3 Å². The van der Waals surface area contributed by atoms with E-state index in [9.17, 15) is 9.59 Å². The third-order valence-corrected chi connectivity index (χ3v) is 4.30. The van der Waals surface area contributed by atoms with Gasteiger partial charge in [-0.1, -0.05) is 11.6 Å². The van der Waals surface area contributed by atoms with Crippen molar-refractivity contribution in [3.05, 3.63) is 22.7 Å². The minimum absolute atomic E-state index is 0.0778. The molecular formula is C16H19ClN2O6. The van der Waals surface area contributed by atoms with E-state index in [0.717, 1.165) is 0 Å². The molecule has 2 aliphatic rings. The van der Waals surface area contributed by atoms with E-state index in [2.05, 4.69) is 0 Å². The average Bonchev–Trinajstić information content (AvgIpc) is 3.02. The molecule has 1 aromatic carbocycles. The van der Waals surface area contributed by atoms with Crippen molar-refractivity contribution in [3.63, 3.8) is 0 Å². The number of aliphatic carboxylic acids is 1. The molecule has 25 heavy (non-hydrogen) atoms. The number of nitrogens with zero attached hydrogens (tertiary/aromatic N) is 2.